The van der Waals surface area contributed by atoms with Gasteiger partial charge in [-0.15, -0.1) is 0 Å². The van der Waals surface area contributed by atoms with Crippen molar-refractivity contribution in [1.29, 1.82) is 0 Å². The van der Waals surface area contributed by atoms with Gasteiger partial charge in [0.2, 0.25) is 0 Å². The van der Waals surface area contributed by atoms with Crippen LogP contribution in [0.3, 0.4) is 0 Å². The standard InChI is InChI=1S/2C29H33NO2.2ClH.Ti/c2*1-7-17-32-25-15-13-24(14-16-25)30-20-21-18-23(28(2,3)4)19-26(27(21)31)29(5,6)22-11-9-8-10-12-22;;;/h2*7-16,18-20,31H,1,17H2,2-6H3;2*1H;/q;;;;+2/p-2. The second-order valence-corrected chi connectivity index (χ2v) is 21.8. The van der Waals surface area contributed by atoms with Crippen LogP contribution in [-0.2, 0) is 38.7 Å². The molecule has 0 aliphatic heterocycles. The van der Waals surface area contributed by atoms with Crippen LogP contribution in [0.4, 0.5) is 11.4 Å². The van der Waals surface area contributed by atoms with Crippen molar-refractivity contribution in [3.8, 4) is 23.0 Å². The molecule has 0 amide bonds. The van der Waals surface area contributed by atoms with E-state index in [9.17, 15) is 10.2 Å². The van der Waals surface area contributed by atoms with E-state index >= 15 is 0 Å². The van der Waals surface area contributed by atoms with E-state index in [1.807, 2.05) is 97.1 Å². The van der Waals surface area contributed by atoms with E-state index in [2.05, 4.69) is 129 Å². The molecule has 0 atom stereocenters. The molecule has 350 valence electrons. The molecule has 0 fully saturated rings. The number of hydrogen-bond acceptors (Lipinski definition) is 6. The molecule has 6 rings (SSSR count). The number of aromatic hydroxyl groups is 2. The summed E-state index contributed by atoms with van der Waals surface area (Å²) in [4.78, 5) is 9.23. The zero-order chi connectivity index (χ0) is 49.4. The number of nitrogens with zero attached hydrogens (tertiary/aromatic N) is 2. The predicted octanol–water partition coefficient (Wildman–Crippen LogP) is 16.0. The zero-order valence-electron chi connectivity index (χ0n) is 40.7. The first-order chi connectivity index (χ1) is 31.7. The normalized spacial score (nSPS) is 11.8. The summed E-state index contributed by atoms with van der Waals surface area (Å²) in [6.45, 7) is 29.9. The Kier molecular flexibility index (Phi) is 19.9. The Bertz CT molecular complexity index is 2400. The number of phenols is 2. The molecular formula is C58H66Cl2N2O4Ti. The molecule has 6 aromatic carbocycles. The van der Waals surface area contributed by atoms with E-state index in [-0.39, 0.29) is 33.2 Å². The first kappa shape index (κ1) is 54.2. The van der Waals surface area contributed by atoms with Gasteiger partial charge in [0.1, 0.15) is 36.2 Å². The first-order valence-electron chi connectivity index (χ1n) is 22.3. The van der Waals surface area contributed by atoms with E-state index in [4.69, 9.17) is 28.1 Å². The van der Waals surface area contributed by atoms with Gasteiger partial charge in [0.05, 0.1) is 11.4 Å². The molecular weight excluding hydrogens is 907 g/mol. The van der Waals surface area contributed by atoms with Crippen molar-refractivity contribution in [3.05, 3.63) is 203 Å². The molecule has 0 aliphatic rings. The number of rotatable bonds is 14. The summed E-state index contributed by atoms with van der Waals surface area (Å²) >= 11 is -0.556. The van der Waals surface area contributed by atoms with Crippen LogP contribution in [-0.4, -0.2) is 35.9 Å². The number of halogens is 2. The summed E-state index contributed by atoms with van der Waals surface area (Å²) in [5, 5.41) is 22.5. The molecule has 0 saturated heterocycles. The maximum absolute atomic E-state index is 11.3. The number of ether oxygens (including phenoxy) is 2. The van der Waals surface area contributed by atoms with E-state index in [1.165, 1.54) is 0 Å². The third kappa shape index (κ3) is 15.3. The second kappa shape index (κ2) is 24.6. The molecule has 0 radical (unpaired) electrons. The SMILES string of the molecule is C=CCOc1ccc(N=Cc2cc(C(C)(C)C)cc(C(C)(C)c3ccccc3)c2O)cc1.C=CCOc1ccc(N=Cc2cc(C(C)(C)C)cc(C(C)(C)c3ccccc3)c2O)cc1.[Cl][Ti][Cl]. The van der Waals surface area contributed by atoms with Crippen LogP contribution in [0.2, 0.25) is 0 Å². The van der Waals surface area contributed by atoms with Crippen molar-refractivity contribution in [2.75, 3.05) is 13.2 Å². The van der Waals surface area contributed by atoms with Gasteiger partial charge in [-0.25, -0.2) is 0 Å². The van der Waals surface area contributed by atoms with Crippen LogP contribution in [0.1, 0.15) is 114 Å². The van der Waals surface area contributed by atoms with Crippen LogP contribution < -0.4 is 9.47 Å². The number of aliphatic imine (C=N–C) groups is 2. The third-order valence-corrected chi connectivity index (χ3v) is 11.5. The quantitative estimate of drug-likeness (QED) is 0.0647. The topological polar surface area (TPSA) is 83.6 Å². The predicted molar refractivity (Wildman–Crippen MR) is 281 cm³/mol. The fourth-order valence-electron chi connectivity index (χ4n) is 7.21. The summed E-state index contributed by atoms with van der Waals surface area (Å²) < 4.78 is 11.1. The van der Waals surface area contributed by atoms with Gasteiger partial charge in [0.25, 0.3) is 0 Å². The van der Waals surface area contributed by atoms with Gasteiger partial charge in [0.15, 0.2) is 0 Å². The molecule has 9 heteroatoms. The molecule has 0 aliphatic carbocycles. The van der Waals surface area contributed by atoms with E-state index in [0.717, 1.165) is 56.3 Å². The van der Waals surface area contributed by atoms with Crippen molar-refractivity contribution in [2.24, 2.45) is 9.98 Å². The van der Waals surface area contributed by atoms with Crippen LogP contribution in [0.25, 0.3) is 0 Å². The van der Waals surface area contributed by atoms with E-state index in [0.29, 0.717) is 24.3 Å². The molecule has 67 heavy (non-hydrogen) atoms. The molecule has 0 spiro atoms. The van der Waals surface area contributed by atoms with Gasteiger partial charge >= 0.3 is 35.6 Å². The van der Waals surface area contributed by atoms with Crippen molar-refractivity contribution < 1.29 is 36.7 Å². The summed E-state index contributed by atoms with van der Waals surface area (Å²) in [5.74, 6) is 2.07. The molecule has 0 bridgehead atoms. The van der Waals surface area contributed by atoms with Crippen molar-refractivity contribution >= 4 is 42.4 Å². The zero-order valence-corrected chi connectivity index (χ0v) is 43.8. The molecule has 0 heterocycles. The van der Waals surface area contributed by atoms with Crippen molar-refractivity contribution in [1.82, 2.24) is 0 Å². The van der Waals surface area contributed by atoms with Crippen molar-refractivity contribution in [3.63, 3.8) is 0 Å². The summed E-state index contributed by atoms with van der Waals surface area (Å²) in [7, 11) is 9.78. The van der Waals surface area contributed by atoms with Crippen LogP contribution in [0.15, 0.2) is 169 Å². The Morgan fingerprint density at radius 3 is 1.09 bits per heavy atom. The Morgan fingerprint density at radius 1 is 0.493 bits per heavy atom. The van der Waals surface area contributed by atoms with Crippen LogP contribution in [0, 0.1) is 0 Å². The van der Waals surface area contributed by atoms with Gasteiger partial charge in [-0.05, 0) is 93.7 Å². The van der Waals surface area contributed by atoms with E-state index in [1.54, 1.807) is 24.6 Å². The molecule has 0 aromatic heterocycles. The Labute approximate surface area is 416 Å². The Hall–Kier alpha value is -5.37. The second-order valence-electron chi connectivity index (χ2n) is 19.2. The number of hydrogen-bond donors (Lipinski definition) is 2. The maximum atomic E-state index is 11.3. The Morgan fingerprint density at radius 2 is 0.806 bits per heavy atom. The fraction of sp³-hybridized carbons (Fsp3) is 0.276. The molecule has 6 aromatic rings. The average molecular weight is 974 g/mol. The number of phenolic OH excluding ortho intramolecular Hbond substituents is 2. The Balaban J connectivity index is 0.000000276. The molecule has 0 unspecified atom stereocenters. The minimum absolute atomic E-state index is 0.0675. The average Bonchev–Trinajstić information content (AvgIpc) is 3.30. The molecule has 2 N–H and O–H groups in total. The third-order valence-electron chi connectivity index (χ3n) is 11.5. The van der Waals surface area contributed by atoms with Gasteiger partial charge in [-0.1, -0.05) is 167 Å². The van der Waals surface area contributed by atoms with Crippen LogP contribution >= 0.6 is 18.6 Å². The fourth-order valence-corrected chi connectivity index (χ4v) is 7.21. The number of benzene rings is 6. The summed E-state index contributed by atoms with van der Waals surface area (Å²) in [6.07, 6.45) is 6.92. The van der Waals surface area contributed by atoms with Gasteiger partial charge in [0, 0.05) is 45.5 Å². The van der Waals surface area contributed by atoms with Gasteiger partial charge in [-0.2, -0.15) is 0 Å². The summed E-state index contributed by atoms with van der Waals surface area (Å²) in [6, 6.07) is 44.0. The van der Waals surface area contributed by atoms with Gasteiger partial charge < -0.3 is 19.7 Å². The monoisotopic (exact) mass is 972 g/mol. The molecule has 6 nitrogen and oxygen atoms in total. The molecule has 0 saturated carbocycles. The van der Waals surface area contributed by atoms with Crippen LogP contribution in [0.5, 0.6) is 23.0 Å². The minimum atomic E-state index is -0.556. The first-order valence-corrected chi connectivity index (χ1v) is 26.6. The summed E-state index contributed by atoms with van der Waals surface area (Å²) in [5.41, 5.74) is 8.55. The van der Waals surface area contributed by atoms with Crippen molar-refractivity contribution in [2.45, 2.75) is 90.9 Å². The van der Waals surface area contributed by atoms with E-state index < -0.39 is 17.0 Å². The van der Waals surface area contributed by atoms with Gasteiger partial charge in [-0.3, -0.25) is 9.98 Å².